The molecule has 1 aromatic heterocycles. The molecule has 1 N–H and O–H groups in total. The molecule has 0 aliphatic heterocycles. The van der Waals surface area contributed by atoms with E-state index in [1.807, 2.05) is 19.2 Å². The van der Waals surface area contributed by atoms with E-state index in [4.69, 9.17) is 4.74 Å². The number of likely N-dealkylation sites (N-methyl/N-ethyl adjacent to an activating group) is 1. The maximum Gasteiger partial charge on any atom is 0.0480 e. The SMILES string of the molecule is CCNC(CCOCC)Cc1ncccc1C. The zero-order chi connectivity index (χ0) is 12.5. The van der Waals surface area contributed by atoms with Gasteiger partial charge in [0.2, 0.25) is 0 Å². The highest BCUT2D eigenvalue weighted by Gasteiger charge is 2.10. The van der Waals surface area contributed by atoms with Gasteiger partial charge in [-0.3, -0.25) is 4.98 Å². The van der Waals surface area contributed by atoms with Crippen LogP contribution in [0.15, 0.2) is 18.3 Å². The molecule has 3 nitrogen and oxygen atoms in total. The fourth-order valence-electron chi connectivity index (χ4n) is 1.90. The van der Waals surface area contributed by atoms with E-state index in [0.717, 1.165) is 32.6 Å². The van der Waals surface area contributed by atoms with Gasteiger partial charge in [-0.05, 0) is 38.4 Å². The Bertz CT molecular complexity index is 315. The van der Waals surface area contributed by atoms with Gasteiger partial charge >= 0.3 is 0 Å². The summed E-state index contributed by atoms with van der Waals surface area (Å²) >= 11 is 0. The average molecular weight is 236 g/mol. The molecule has 1 heterocycles. The molecule has 3 heteroatoms. The predicted molar refractivity (Wildman–Crippen MR) is 71.3 cm³/mol. The molecule has 17 heavy (non-hydrogen) atoms. The third-order valence-electron chi connectivity index (χ3n) is 2.87. The molecule has 0 spiro atoms. The van der Waals surface area contributed by atoms with Crippen LogP contribution in [0.25, 0.3) is 0 Å². The van der Waals surface area contributed by atoms with Gasteiger partial charge in [-0.2, -0.15) is 0 Å². The fourth-order valence-corrected chi connectivity index (χ4v) is 1.90. The summed E-state index contributed by atoms with van der Waals surface area (Å²) in [4.78, 5) is 4.45. The number of aromatic nitrogens is 1. The van der Waals surface area contributed by atoms with E-state index in [1.165, 1.54) is 11.3 Å². The van der Waals surface area contributed by atoms with Gasteiger partial charge in [0.05, 0.1) is 0 Å². The Morgan fingerprint density at radius 2 is 2.24 bits per heavy atom. The van der Waals surface area contributed by atoms with E-state index in [-0.39, 0.29) is 0 Å². The van der Waals surface area contributed by atoms with Crippen LogP contribution >= 0.6 is 0 Å². The van der Waals surface area contributed by atoms with Crippen LogP contribution in [0.4, 0.5) is 0 Å². The van der Waals surface area contributed by atoms with Gasteiger partial charge in [-0.25, -0.2) is 0 Å². The first-order valence-electron chi connectivity index (χ1n) is 6.49. The van der Waals surface area contributed by atoms with E-state index >= 15 is 0 Å². The second-order valence-corrected chi connectivity index (χ2v) is 4.21. The first kappa shape index (κ1) is 14.1. The monoisotopic (exact) mass is 236 g/mol. The maximum atomic E-state index is 5.42. The molecule has 0 aromatic carbocycles. The van der Waals surface area contributed by atoms with Crippen LogP contribution in [0.2, 0.25) is 0 Å². The molecule has 0 radical (unpaired) electrons. The molecule has 1 rings (SSSR count). The molecule has 0 saturated carbocycles. The summed E-state index contributed by atoms with van der Waals surface area (Å²) in [5.41, 5.74) is 2.46. The summed E-state index contributed by atoms with van der Waals surface area (Å²) < 4.78 is 5.42. The quantitative estimate of drug-likeness (QED) is 0.703. The van der Waals surface area contributed by atoms with Crippen molar-refractivity contribution < 1.29 is 4.74 Å². The summed E-state index contributed by atoms with van der Waals surface area (Å²) in [6.07, 6.45) is 3.89. The number of pyridine rings is 1. The molecule has 96 valence electrons. The van der Waals surface area contributed by atoms with Gasteiger partial charge in [0.25, 0.3) is 0 Å². The smallest absolute Gasteiger partial charge is 0.0480 e. The van der Waals surface area contributed by atoms with Crippen molar-refractivity contribution in [1.29, 1.82) is 0 Å². The van der Waals surface area contributed by atoms with Gasteiger partial charge in [0, 0.05) is 37.6 Å². The zero-order valence-corrected chi connectivity index (χ0v) is 11.2. The minimum atomic E-state index is 0.458. The lowest BCUT2D eigenvalue weighted by atomic mass is 10.0. The number of hydrogen-bond acceptors (Lipinski definition) is 3. The van der Waals surface area contributed by atoms with Gasteiger partial charge in [-0.1, -0.05) is 13.0 Å². The van der Waals surface area contributed by atoms with Crippen LogP contribution in [0, 0.1) is 6.92 Å². The summed E-state index contributed by atoms with van der Waals surface area (Å²) in [5, 5.41) is 3.50. The van der Waals surface area contributed by atoms with Crippen molar-refractivity contribution in [3.8, 4) is 0 Å². The van der Waals surface area contributed by atoms with Crippen LogP contribution in [-0.4, -0.2) is 30.8 Å². The molecule has 1 aromatic rings. The Kier molecular flexibility index (Phi) is 6.82. The summed E-state index contributed by atoms with van der Waals surface area (Å²) in [5.74, 6) is 0. The van der Waals surface area contributed by atoms with E-state index in [0.29, 0.717) is 6.04 Å². The molecular weight excluding hydrogens is 212 g/mol. The molecule has 1 atom stereocenters. The number of hydrogen-bond donors (Lipinski definition) is 1. The summed E-state index contributed by atoms with van der Waals surface area (Å²) in [6, 6.07) is 4.56. The standard InChI is InChI=1S/C14H24N2O/c1-4-15-13(8-10-17-5-2)11-14-12(3)7-6-9-16-14/h6-7,9,13,15H,4-5,8,10-11H2,1-3H3. The number of aryl methyl sites for hydroxylation is 1. The molecule has 0 saturated heterocycles. The lowest BCUT2D eigenvalue weighted by Gasteiger charge is -2.18. The maximum absolute atomic E-state index is 5.42. The molecule has 0 amide bonds. The zero-order valence-electron chi connectivity index (χ0n) is 11.2. The second-order valence-electron chi connectivity index (χ2n) is 4.21. The number of nitrogens with zero attached hydrogens (tertiary/aromatic N) is 1. The van der Waals surface area contributed by atoms with Crippen LogP contribution < -0.4 is 5.32 Å². The van der Waals surface area contributed by atoms with E-state index in [9.17, 15) is 0 Å². The third kappa shape index (κ3) is 5.29. The van der Waals surface area contributed by atoms with Crippen molar-refractivity contribution in [2.45, 2.75) is 39.7 Å². The Labute approximate surface area is 105 Å². The van der Waals surface area contributed by atoms with Crippen molar-refractivity contribution >= 4 is 0 Å². The Hall–Kier alpha value is -0.930. The summed E-state index contributed by atoms with van der Waals surface area (Å²) in [7, 11) is 0. The van der Waals surface area contributed by atoms with E-state index in [1.54, 1.807) is 0 Å². The van der Waals surface area contributed by atoms with Crippen LogP contribution in [-0.2, 0) is 11.2 Å². The molecule has 0 aliphatic carbocycles. The highest BCUT2D eigenvalue weighted by molar-refractivity contribution is 5.18. The van der Waals surface area contributed by atoms with Crippen molar-refractivity contribution in [2.24, 2.45) is 0 Å². The molecular formula is C14H24N2O. The van der Waals surface area contributed by atoms with Crippen molar-refractivity contribution in [2.75, 3.05) is 19.8 Å². The molecule has 0 bridgehead atoms. The highest BCUT2D eigenvalue weighted by Crippen LogP contribution is 2.08. The average Bonchev–Trinajstić information content (AvgIpc) is 2.32. The minimum Gasteiger partial charge on any atom is -0.382 e. The summed E-state index contributed by atoms with van der Waals surface area (Å²) in [6.45, 7) is 8.89. The van der Waals surface area contributed by atoms with Crippen molar-refractivity contribution in [1.82, 2.24) is 10.3 Å². The number of rotatable bonds is 8. The number of ether oxygens (including phenoxy) is 1. The normalized spacial score (nSPS) is 12.6. The minimum absolute atomic E-state index is 0.458. The first-order valence-corrected chi connectivity index (χ1v) is 6.49. The Morgan fingerprint density at radius 1 is 1.41 bits per heavy atom. The van der Waals surface area contributed by atoms with Crippen LogP contribution in [0.3, 0.4) is 0 Å². The second kappa shape index (κ2) is 8.20. The molecule has 1 unspecified atom stereocenters. The van der Waals surface area contributed by atoms with Crippen LogP contribution in [0.1, 0.15) is 31.5 Å². The number of nitrogens with one attached hydrogen (secondary N) is 1. The fraction of sp³-hybridized carbons (Fsp3) is 0.643. The van der Waals surface area contributed by atoms with Gasteiger partial charge in [0.1, 0.15) is 0 Å². The third-order valence-corrected chi connectivity index (χ3v) is 2.87. The lowest BCUT2D eigenvalue weighted by Crippen LogP contribution is -2.32. The van der Waals surface area contributed by atoms with Crippen LogP contribution in [0.5, 0.6) is 0 Å². The topological polar surface area (TPSA) is 34.1 Å². The van der Waals surface area contributed by atoms with Crippen molar-refractivity contribution in [3.63, 3.8) is 0 Å². The highest BCUT2D eigenvalue weighted by atomic mass is 16.5. The van der Waals surface area contributed by atoms with Gasteiger partial charge in [0.15, 0.2) is 0 Å². The Morgan fingerprint density at radius 3 is 2.88 bits per heavy atom. The largest absolute Gasteiger partial charge is 0.382 e. The molecule has 0 fully saturated rings. The Balaban J connectivity index is 2.50. The van der Waals surface area contributed by atoms with E-state index in [2.05, 4.69) is 30.2 Å². The van der Waals surface area contributed by atoms with E-state index < -0.39 is 0 Å². The predicted octanol–water partition coefficient (Wildman–Crippen LogP) is 2.34. The van der Waals surface area contributed by atoms with Gasteiger partial charge < -0.3 is 10.1 Å². The van der Waals surface area contributed by atoms with Crippen molar-refractivity contribution in [3.05, 3.63) is 29.6 Å². The first-order chi connectivity index (χ1) is 8.27. The van der Waals surface area contributed by atoms with Gasteiger partial charge in [-0.15, -0.1) is 0 Å². The lowest BCUT2D eigenvalue weighted by molar-refractivity contribution is 0.136. The molecule has 0 aliphatic rings.